The van der Waals surface area contributed by atoms with E-state index in [1.54, 1.807) is 11.8 Å². The first-order valence-corrected chi connectivity index (χ1v) is 9.31. The molecule has 0 unspecified atom stereocenters. The first kappa shape index (κ1) is 17.3. The Morgan fingerprint density at radius 2 is 1.96 bits per heavy atom. The third-order valence-corrected chi connectivity index (χ3v) is 5.16. The normalized spacial score (nSPS) is 11.0. The number of fused-ring (bicyclic) bond motifs is 1. The molecule has 0 aliphatic rings. The summed E-state index contributed by atoms with van der Waals surface area (Å²) in [7, 11) is 1.62. The number of pyridine rings is 1. The maximum Gasteiger partial charge on any atom is 0.252 e. The highest BCUT2D eigenvalue weighted by Gasteiger charge is 2.11. The molecular formula is C19H17N5O2S. The highest BCUT2D eigenvalue weighted by atomic mass is 32.2. The van der Waals surface area contributed by atoms with Crippen molar-refractivity contribution in [2.75, 3.05) is 7.11 Å². The summed E-state index contributed by atoms with van der Waals surface area (Å²) in [5.41, 5.74) is 3.37. The van der Waals surface area contributed by atoms with E-state index in [-0.39, 0.29) is 5.56 Å². The van der Waals surface area contributed by atoms with Crippen LogP contribution in [0.15, 0.2) is 58.5 Å². The summed E-state index contributed by atoms with van der Waals surface area (Å²) >= 11 is 1.41. The molecule has 4 rings (SSSR count). The zero-order valence-electron chi connectivity index (χ0n) is 14.8. The molecule has 0 saturated carbocycles. The number of aromatic amines is 1. The number of aromatic nitrogens is 5. The van der Waals surface area contributed by atoms with Crippen LogP contribution in [-0.2, 0) is 5.75 Å². The highest BCUT2D eigenvalue weighted by Crippen LogP contribution is 2.23. The van der Waals surface area contributed by atoms with Gasteiger partial charge >= 0.3 is 0 Å². The fourth-order valence-corrected chi connectivity index (χ4v) is 3.62. The lowest BCUT2D eigenvalue weighted by Crippen LogP contribution is -2.11. The van der Waals surface area contributed by atoms with Gasteiger partial charge in [0.1, 0.15) is 5.75 Å². The maximum absolute atomic E-state index is 12.4. The fraction of sp³-hybridized carbons (Fsp3) is 0.158. The summed E-state index contributed by atoms with van der Waals surface area (Å²) in [5.74, 6) is 1.23. The van der Waals surface area contributed by atoms with Gasteiger partial charge in [0.2, 0.25) is 5.16 Å². The van der Waals surface area contributed by atoms with Crippen LogP contribution in [0.2, 0.25) is 0 Å². The number of tetrazole rings is 1. The molecule has 2 heterocycles. The van der Waals surface area contributed by atoms with Crippen LogP contribution >= 0.6 is 11.8 Å². The lowest BCUT2D eigenvalue weighted by atomic mass is 10.1. The first-order chi connectivity index (χ1) is 13.1. The molecule has 0 saturated heterocycles. The average Bonchev–Trinajstić information content (AvgIpc) is 3.15. The van der Waals surface area contributed by atoms with Gasteiger partial charge in [0, 0.05) is 16.8 Å². The number of H-pyrrole nitrogens is 1. The van der Waals surface area contributed by atoms with E-state index in [0.29, 0.717) is 16.5 Å². The van der Waals surface area contributed by atoms with E-state index in [9.17, 15) is 4.79 Å². The van der Waals surface area contributed by atoms with Crippen molar-refractivity contribution < 1.29 is 4.74 Å². The molecule has 136 valence electrons. The van der Waals surface area contributed by atoms with E-state index in [0.717, 1.165) is 27.9 Å². The van der Waals surface area contributed by atoms with E-state index >= 15 is 0 Å². The third-order valence-electron chi connectivity index (χ3n) is 4.19. The van der Waals surface area contributed by atoms with Gasteiger partial charge in [0.25, 0.3) is 5.56 Å². The fourth-order valence-electron chi connectivity index (χ4n) is 2.76. The Kier molecular flexibility index (Phi) is 4.64. The van der Waals surface area contributed by atoms with Gasteiger partial charge in [-0.1, -0.05) is 23.9 Å². The minimum atomic E-state index is -0.0935. The van der Waals surface area contributed by atoms with Crippen LogP contribution < -0.4 is 10.3 Å². The molecule has 8 heteroatoms. The van der Waals surface area contributed by atoms with E-state index < -0.39 is 0 Å². The van der Waals surface area contributed by atoms with Gasteiger partial charge in [-0.3, -0.25) is 4.79 Å². The largest absolute Gasteiger partial charge is 0.497 e. The van der Waals surface area contributed by atoms with Crippen LogP contribution in [0.25, 0.3) is 16.6 Å². The van der Waals surface area contributed by atoms with E-state index in [1.807, 2.05) is 55.5 Å². The van der Waals surface area contributed by atoms with E-state index in [2.05, 4.69) is 20.5 Å². The molecule has 0 spiro atoms. The minimum absolute atomic E-state index is 0.0935. The Balaban J connectivity index is 1.58. The molecule has 0 amide bonds. The molecule has 0 fully saturated rings. The smallest absolute Gasteiger partial charge is 0.252 e. The van der Waals surface area contributed by atoms with Gasteiger partial charge in [0.05, 0.1) is 12.8 Å². The van der Waals surface area contributed by atoms with Crippen LogP contribution in [0.4, 0.5) is 0 Å². The van der Waals surface area contributed by atoms with Crippen molar-refractivity contribution in [2.24, 2.45) is 0 Å². The van der Waals surface area contributed by atoms with Gasteiger partial charge in [-0.2, -0.15) is 4.68 Å². The van der Waals surface area contributed by atoms with Crippen molar-refractivity contribution in [3.8, 4) is 11.4 Å². The van der Waals surface area contributed by atoms with Crippen LogP contribution in [0, 0.1) is 6.92 Å². The summed E-state index contributed by atoms with van der Waals surface area (Å²) in [6.45, 7) is 2.00. The zero-order valence-corrected chi connectivity index (χ0v) is 15.7. The quantitative estimate of drug-likeness (QED) is 0.536. The van der Waals surface area contributed by atoms with E-state index in [1.165, 1.54) is 11.8 Å². The Labute approximate surface area is 159 Å². The standard InChI is InChI=1S/C19H17N5O2S/c1-12-3-4-13-10-14(18(25)20-17(13)9-12)11-27-19-21-22-23-24(19)15-5-7-16(26-2)8-6-15/h3-10H,11H2,1-2H3,(H,20,25). The molecule has 27 heavy (non-hydrogen) atoms. The summed E-state index contributed by atoms with van der Waals surface area (Å²) in [6, 6.07) is 15.4. The second kappa shape index (κ2) is 7.24. The van der Waals surface area contributed by atoms with Crippen molar-refractivity contribution in [1.82, 2.24) is 25.2 Å². The molecule has 1 N–H and O–H groups in total. The van der Waals surface area contributed by atoms with Gasteiger partial charge in [-0.25, -0.2) is 0 Å². The van der Waals surface area contributed by atoms with Crippen molar-refractivity contribution in [2.45, 2.75) is 17.8 Å². The number of nitrogens with one attached hydrogen (secondary N) is 1. The number of thioether (sulfide) groups is 1. The van der Waals surface area contributed by atoms with Crippen LogP contribution in [0.3, 0.4) is 0 Å². The second-order valence-corrected chi connectivity index (χ2v) is 7.02. The minimum Gasteiger partial charge on any atom is -0.497 e. The van der Waals surface area contributed by atoms with Crippen molar-refractivity contribution >= 4 is 22.7 Å². The van der Waals surface area contributed by atoms with Crippen LogP contribution in [0.1, 0.15) is 11.1 Å². The first-order valence-electron chi connectivity index (χ1n) is 8.32. The summed E-state index contributed by atoms with van der Waals surface area (Å²) in [5, 5.41) is 13.5. The second-order valence-electron chi connectivity index (χ2n) is 6.07. The number of methoxy groups -OCH3 is 1. The Bertz CT molecular complexity index is 1150. The SMILES string of the molecule is COc1ccc(-n2nnnc2SCc2cc3ccc(C)cc3[nH]c2=O)cc1. The number of hydrogen-bond donors (Lipinski definition) is 1. The predicted molar refractivity (Wildman–Crippen MR) is 105 cm³/mol. The molecule has 0 radical (unpaired) electrons. The predicted octanol–water partition coefficient (Wildman–Crippen LogP) is 3.11. The molecule has 0 atom stereocenters. The molecule has 7 nitrogen and oxygen atoms in total. The zero-order chi connectivity index (χ0) is 18.8. The lowest BCUT2D eigenvalue weighted by Gasteiger charge is -2.06. The lowest BCUT2D eigenvalue weighted by molar-refractivity contribution is 0.414. The maximum atomic E-state index is 12.4. The van der Waals surface area contributed by atoms with Gasteiger partial charge in [0.15, 0.2) is 0 Å². The number of aryl methyl sites for hydroxylation is 1. The van der Waals surface area contributed by atoms with E-state index in [4.69, 9.17) is 4.74 Å². The van der Waals surface area contributed by atoms with Gasteiger partial charge < -0.3 is 9.72 Å². The van der Waals surface area contributed by atoms with Crippen LogP contribution in [0.5, 0.6) is 5.75 Å². The van der Waals surface area contributed by atoms with Crippen molar-refractivity contribution in [3.63, 3.8) is 0 Å². The van der Waals surface area contributed by atoms with Crippen LogP contribution in [-0.4, -0.2) is 32.3 Å². The van der Waals surface area contributed by atoms with Crippen molar-refractivity contribution in [3.05, 3.63) is 70.0 Å². The average molecular weight is 379 g/mol. The summed E-state index contributed by atoms with van der Waals surface area (Å²) < 4.78 is 6.82. The molecule has 0 bridgehead atoms. The molecule has 2 aromatic heterocycles. The van der Waals surface area contributed by atoms with Gasteiger partial charge in [-0.15, -0.1) is 5.10 Å². The number of benzene rings is 2. The highest BCUT2D eigenvalue weighted by molar-refractivity contribution is 7.98. The number of nitrogens with zero attached hydrogens (tertiary/aromatic N) is 4. The number of rotatable bonds is 5. The Hall–Kier alpha value is -3.13. The summed E-state index contributed by atoms with van der Waals surface area (Å²) in [6.07, 6.45) is 0. The molecular weight excluding hydrogens is 362 g/mol. The monoisotopic (exact) mass is 379 g/mol. The molecule has 0 aliphatic heterocycles. The number of ether oxygens (including phenoxy) is 1. The summed E-state index contributed by atoms with van der Waals surface area (Å²) in [4.78, 5) is 15.3. The topological polar surface area (TPSA) is 85.7 Å². The molecule has 0 aliphatic carbocycles. The molecule has 2 aromatic carbocycles. The number of hydrogen-bond acceptors (Lipinski definition) is 6. The Morgan fingerprint density at radius 1 is 1.15 bits per heavy atom. The molecule has 4 aromatic rings. The third kappa shape index (κ3) is 3.56. The Morgan fingerprint density at radius 3 is 2.74 bits per heavy atom. The van der Waals surface area contributed by atoms with Crippen molar-refractivity contribution in [1.29, 1.82) is 0 Å². The van der Waals surface area contributed by atoms with Gasteiger partial charge in [-0.05, 0) is 64.7 Å².